The fourth-order valence-electron chi connectivity index (χ4n) is 5.53. The Balaban J connectivity index is 1.41. The lowest BCUT2D eigenvalue weighted by Crippen LogP contribution is -2.51. The molecule has 1 heterocycles. The lowest BCUT2D eigenvalue weighted by molar-refractivity contribution is -0.178. The molecule has 0 aromatic rings. The van der Waals surface area contributed by atoms with Gasteiger partial charge in [0.15, 0.2) is 6.61 Å². The second kappa shape index (κ2) is 6.45. The van der Waals surface area contributed by atoms with Crippen LogP contribution in [-0.2, 0) is 33.5 Å². The SMILES string of the molecule is O=C1CCC(=O)N1OS(=O)(=O)C(F)(F)COC(=O)C12CC3CC(CC(C3)C1)C2. The predicted octanol–water partition coefficient (Wildman–Crippen LogP) is 1.75. The maximum Gasteiger partial charge on any atom is 0.404 e. The number of imide groups is 1. The molecule has 0 aromatic heterocycles. The molecule has 1 saturated heterocycles. The summed E-state index contributed by atoms with van der Waals surface area (Å²) in [5, 5.41) is -4.77. The zero-order valence-corrected chi connectivity index (χ0v) is 15.9. The third kappa shape index (κ3) is 3.22. The van der Waals surface area contributed by atoms with Gasteiger partial charge in [-0.2, -0.15) is 17.2 Å². The molecule has 0 atom stereocenters. The monoisotopic (exact) mass is 421 g/mol. The van der Waals surface area contributed by atoms with Gasteiger partial charge in [-0.15, -0.1) is 9.35 Å². The Morgan fingerprint density at radius 2 is 1.50 bits per heavy atom. The van der Waals surface area contributed by atoms with E-state index in [2.05, 4.69) is 4.28 Å². The Hall–Kier alpha value is -1.62. The number of alkyl halides is 2. The number of rotatable bonds is 6. The first-order valence-electron chi connectivity index (χ1n) is 9.36. The number of amides is 2. The van der Waals surface area contributed by atoms with E-state index in [1.54, 1.807) is 0 Å². The third-order valence-corrected chi connectivity index (χ3v) is 7.58. The molecule has 8 nitrogen and oxygen atoms in total. The first-order chi connectivity index (χ1) is 13.0. The molecular formula is C17H21F2NO7S. The van der Waals surface area contributed by atoms with Gasteiger partial charge in [-0.25, -0.2) is 0 Å². The van der Waals surface area contributed by atoms with Gasteiger partial charge in [-0.1, -0.05) is 0 Å². The summed E-state index contributed by atoms with van der Waals surface area (Å²) in [6.07, 6.45) is 4.26. The van der Waals surface area contributed by atoms with Gasteiger partial charge < -0.3 is 4.74 Å². The van der Waals surface area contributed by atoms with Crippen molar-refractivity contribution in [3.8, 4) is 0 Å². The Labute approximate surface area is 160 Å². The highest BCUT2D eigenvalue weighted by Gasteiger charge is 2.57. The first-order valence-corrected chi connectivity index (χ1v) is 10.8. The van der Waals surface area contributed by atoms with Crippen molar-refractivity contribution in [1.29, 1.82) is 0 Å². The van der Waals surface area contributed by atoms with Crippen LogP contribution in [0.15, 0.2) is 0 Å². The number of esters is 1. The smallest absolute Gasteiger partial charge is 0.404 e. The molecule has 0 spiro atoms. The summed E-state index contributed by atoms with van der Waals surface area (Å²) in [4.78, 5) is 35.4. The standard InChI is InChI=1S/C17H21F2NO7S/c18-17(19,28(24,25)27-20-13(21)1-2-14(20)22)9-26-15(23)16-6-10-3-11(7-16)5-12(4-10)8-16/h10-12H,1-9H2. The number of ether oxygens (including phenoxy) is 1. The number of nitrogens with zero attached hydrogens (tertiary/aromatic N) is 1. The van der Waals surface area contributed by atoms with Crippen molar-refractivity contribution in [2.75, 3.05) is 6.61 Å². The summed E-state index contributed by atoms with van der Waals surface area (Å²) in [6, 6.07) is 0. The summed E-state index contributed by atoms with van der Waals surface area (Å²) in [5.41, 5.74) is -0.809. The molecule has 5 rings (SSSR count). The highest BCUT2D eigenvalue weighted by atomic mass is 32.2. The molecule has 0 radical (unpaired) electrons. The van der Waals surface area contributed by atoms with Gasteiger partial charge in [0.1, 0.15) is 0 Å². The van der Waals surface area contributed by atoms with E-state index in [-0.39, 0.29) is 17.9 Å². The van der Waals surface area contributed by atoms with Gasteiger partial charge in [-0.05, 0) is 56.3 Å². The molecule has 2 amide bonds. The van der Waals surface area contributed by atoms with Gasteiger partial charge in [0.05, 0.1) is 5.41 Å². The van der Waals surface area contributed by atoms with Crippen LogP contribution < -0.4 is 0 Å². The van der Waals surface area contributed by atoms with Crippen molar-refractivity contribution in [2.45, 2.75) is 56.6 Å². The molecule has 5 fully saturated rings. The largest absolute Gasteiger partial charge is 0.458 e. The predicted molar refractivity (Wildman–Crippen MR) is 87.6 cm³/mol. The number of carbonyl (C=O) groups excluding carboxylic acids is 3. The van der Waals surface area contributed by atoms with Gasteiger partial charge in [0.25, 0.3) is 11.8 Å². The van der Waals surface area contributed by atoms with E-state index in [1.807, 2.05) is 0 Å². The third-order valence-electron chi connectivity index (χ3n) is 6.39. The van der Waals surface area contributed by atoms with Gasteiger partial charge >= 0.3 is 21.3 Å². The van der Waals surface area contributed by atoms with Crippen LogP contribution in [0.25, 0.3) is 0 Å². The van der Waals surface area contributed by atoms with Crippen LogP contribution in [0.3, 0.4) is 0 Å². The molecule has 0 unspecified atom stereocenters. The second-order valence-electron chi connectivity index (χ2n) is 8.52. The van der Waals surface area contributed by atoms with Crippen molar-refractivity contribution in [3.63, 3.8) is 0 Å². The average molecular weight is 421 g/mol. The van der Waals surface area contributed by atoms with Crippen molar-refractivity contribution in [3.05, 3.63) is 0 Å². The van der Waals surface area contributed by atoms with Crippen molar-refractivity contribution in [1.82, 2.24) is 5.06 Å². The van der Waals surface area contributed by atoms with Crippen molar-refractivity contribution >= 4 is 27.9 Å². The molecule has 4 aliphatic carbocycles. The van der Waals surface area contributed by atoms with E-state index in [1.165, 1.54) is 0 Å². The topological polar surface area (TPSA) is 107 Å². The molecule has 4 saturated carbocycles. The Morgan fingerprint density at radius 1 is 1.04 bits per heavy atom. The maximum absolute atomic E-state index is 14.2. The lowest BCUT2D eigenvalue weighted by Gasteiger charge is -2.55. The highest BCUT2D eigenvalue weighted by molar-refractivity contribution is 7.87. The summed E-state index contributed by atoms with van der Waals surface area (Å²) in [7, 11) is -5.69. The summed E-state index contributed by atoms with van der Waals surface area (Å²) >= 11 is 0. The molecule has 156 valence electrons. The Kier molecular flexibility index (Phi) is 4.53. The van der Waals surface area contributed by atoms with Crippen molar-refractivity contribution < 1.29 is 40.6 Å². The van der Waals surface area contributed by atoms with Crippen LogP contribution >= 0.6 is 0 Å². The van der Waals surface area contributed by atoms with Crippen LogP contribution in [0.2, 0.25) is 0 Å². The van der Waals surface area contributed by atoms with Crippen LogP contribution in [0.1, 0.15) is 51.4 Å². The number of hydrogen-bond donors (Lipinski definition) is 0. The van der Waals surface area contributed by atoms with E-state index in [0.717, 1.165) is 19.3 Å². The van der Waals surface area contributed by atoms with Crippen LogP contribution in [-0.4, -0.2) is 43.1 Å². The first kappa shape index (κ1) is 19.7. The molecular weight excluding hydrogens is 400 g/mol. The van der Waals surface area contributed by atoms with E-state index in [0.29, 0.717) is 37.0 Å². The maximum atomic E-state index is 14.2. The Morgan fingerprint density at radius 3 is 1.96 bits per heavy atom. The minimum atomic E-state index is -5.69. The summed E-state index contributed by atoms with van der Waals surface area (Å²) < 4.78 is 60.9. The molecule has 0 aromatic carbocycles. The number of hydrogen-bond acceptors (Lipinski definition) is 7. The number of hydroxylamine groups is 2. The van der Waals surface area contributed by atoms with E-state index in [4.69, 9.17) is 4.74 Å². The molecule has 4 bridgehead atoms. The molecule has 11 heteroatoms. The zero-order chi connectivity index (χ0) is 20.3. The van der Waals surface area contributed by atoms with Gasteiger partial charge in [0.2, 0.25) is 0 Å². The second-order valence-corrected chi connectivity index (χ2v) is 10.2. The molecule has 5 aliphatic rings. The van der Waals surface area contributed by atoms with E-state index >= 15 is 0 Å². The number of halogens is 2. The quantitative estimate of drug-likeness (QED) is 0.475. The molecule has 1 aliphatic heterocycles. The van der Waals surface area contributed by atoms with Crippen LogP contribution in [0.5, 0.6) is 0 Å². The summed E-state index contributed by atoms with van der Waals surface area (Å²) in [6.45, 7) is -1.72. The number of carbonyl (C=O) groups is 3. The van der Waals surface area contributed by atoms with E-state index < -0.39 is 45.2 Å². The fraction of sp³-hybridized carbons (Fsp3) is 0.824. The van der Waals surface area contributed by atoms with E-state index in [9.17, 15) is 31.6 Å². The van der Waals surface area contributed by atoms with Gasteiger partial charge in [-0.3, -0.25) is 14.4 Å². The average Bonchev–Trinajstić information content (AvgIpc) is 2.90. The van der Waals surface area contributed by atoms with Crippen LogP contribution in [0.4, 0.5) is 8.78 Å². The minimum absolute atomic E-state index is 0.176. The lowest BCUT2D eigenvalue weighted by atomic mass is 9.49. The zero-order valence-electron chi connectivity index (χ0n) is 15.1. The summed E-state index contributed by atoms with van der Waals surface area (Å²) in [5.74, 6) is -1.67. The highest BCUT2D eigenvalue weighted by Crippen LogP contribution is 2.60. The molecule has 28 heavy (non-hydrogen) atoms. The van der Waals surface area contributed by atoms with Gasteiger partial charge in [0, 0.05) is 12.8 Å². The van der Waals surface area contributed by atoms with Crippen molar-refractivity contribution in [2.24, 2.45) is 23.2 Å². The minimum Gasteiger partial charge on any atom is -0.458 e. The normalized spacial score (nSPS) is 34.9. The fourth-order valence-corrected chi connectivity index (χ4v) is 6.20. The molecule has 0 N–H and O–H groups in total. The van der Waals surface area contributed by atoms with Crippen LogP contribution in [0, 0.1) is 23.2 Å². The Bertz CT molecular complexity index is 774.